The number of hydrogen-bond donors (Lipinski definition) is 1. The highest BCUT2D eigenvalue weighted by Gasteiger charge is 2.28. The molecule has 0 aliphatic heterocycles. The first-order chi connectivity index (χ1) is 8.90. The van der Waals surface area contributed by atoms with Gasteiger partial charge < -0.3 is 10.1 Å². The van der Waals surface area contributed by atoms with Crippen LogP contribution < -0.4 is 5.32 Å². The van der Waals surface area contributed by atoms with Crippen LogP contribution in [0.4, 0.5) is 5.69 Å². The van der Waals surface area contributed by atoms with Crippen LogP contribution in [0.3, 0.4) is 0 Å². The van der Waals surface area contributed by atoms with Crippen LogP contribution in [-0.2, 0) is 9.53 Å². The third-order valence-corrected chi connectivity index (χ3v) is 3.56. The van der Waals surface area contributed by atoms with E-state index in [4.69, 9.17) is 4.74 Å². The third kappa shape index (κ3) is 4.27. The summed E-state index contributed by atoms with van der Waals surface area (Å²) in [6.07, 6.45) is 1.14. The molecule has 0 heterocycles. The molecule has 0 saturated carbocycles. The molecular weight excluding hydrogens is 238 g/mol. The summed E-state index contributed by atoms with van der Waals surface area (Å²) in [5.41, 5.74) is 1.86. The zero-order valence-corrected chi connectivity index (χ0v) is 12.6. The molecule has 0 radical (unpaired) electrons. The van der Waals surface area contributed by atoms with Crippen LogP contribution in [-0.4, -0.2) is 19.6 Å². The smallest absolute Gasteiger partial charge is 0.313 e. The van der Waals surface area contributed by atoms with Gasteiger partial charge in [0.2, 0.25) is 0 Å². The van der Waals surface area contributed by atoms with Gasteiger partial charge in [0.05, 0.1) is 12.5 Å². The lowest BCUT2D eigenvalue weighted by Gasteiger charge is -2.22. The lowest BCUT2D eigenvalue weighted by molar-refractivity contribution is -0.149. The fourth-order valence-electron chi connectivity index (χ4n) is 1.84. The Morgan fingerprint density at radius 3 is 2.37 bits per heavy atom. The number of hydrogen-bond acceptors (Lipinski definition) is 3. The van der Waals surface area contributed by atoms with Crippen molar-refractivity contribution in [3.8, 4) is 0 Å². The predicted molar refractivity (Wildman–Crippen MR) is 79.4 cm³/mol. The molecule has 0 amide bonds. The van der Waals surface area contributed by atoms with Crippen LogP contribution in [0.2, 0.25) is 0 Å². The topological polar surface area (TPSA) is 38.3 Å². The minimum Gasteiger partial charge on any atom is -0.469 e. The van der Waals surface area contributed by atoms with Gasteiger partial charge >= 0.3 is 5.97 Å². The Kier molecular flexibility index (Phi) is 5.40. The fraction of sp³-hybridized carbons (Fsp3) is 0.562. The lowest BCUT2D eigenvalue weighted by atomic mass is 9.93. The van der Waals surface area contributed by atoms with Crippen molar-refractivity contribution < 1.29 is 9.53 Å². The highest BCUT2D eigenvalue weighted by atomic mass is 16.5. The highest BCUT2D eigenvalue weighted by molar-refractivity contribution is 5.76. The summed E-state index contributed by atoms with van der Waals surface area (Å²) in [6.45, 7) is 8.72. The molecule has 1 atom stereocenters. The Bertz CT molecular complexity index is 409. The van der Waals surface area contributed by atoms with E-state index < -0.39 is 5.41 Å². The first-order valence-electron chi connectivity index (χ1n) is 6.83. The van der Waals surface area contributed by atoms with Gasteiger partial charge in [0.1, 0.15) is 0 Å². The van der Waals surface area contributed by atoms with Gasteiger partial charge in [-0.2, -0.15) is 0 Å². The number of methoxy groups -OCH3 is 1. The fourth-order valence-corrected chi connectivity index (χ4v) is 1.84. The molecule has 1 rings (SSSR count). The summed E-state index contributed by atoms with van der Waals surface area (Å²) in [7, 11) is 1.42. The van der Waals surface area contributed by atoms with Crippen molar-refractivity contribution in [1.29, 1.82) is 0 Å². The monoisotopic (exact) mass is 263 g/mol. The molecule has 19 heavy (non-hydrogen) atoms. The largest absolute Gasteiger partial charge is 0.469 e. The van der Waals surface area contributed by atoms with E-state index in [1.54, 1.807) is 0 Å². The first kappa shape index (κ1) is 15.5. The molecule has 0 spiro atoms. The van der Waals surface area contributed by atoms with Gasteiger partial charge in [0, 0.05) is 12.2 Å². The van der Waals surface area contributed by atoms with E-state index in [2.05, 4.69) is 43.4 Å². The summed E-state index contributed by atoms with van der Waals surface area (Å²) < 4.78 is 4.79. The van der Waals surface area contributed by atoms with Crippen LogP contribution >= 0.6 is 0 Å². The van der Waals surface area contributed by atoms with E-state index in [-0.39, 0.29) is 5.97 Å². The minimum absolute atomic E-state index is 0.198. The van der Waals surface area contributed by atoms with Gasteiger partial charge in [-0.05, 0) is 43.9 Å². The molecule has 0 fully saturated rings. The molecule has 0 saturated heterocycles. The zero-order chi connectivity index (χ0) is 14.5. The molecule has 1 unspecified atom stereocenters. The van der Waals surface area contributed by atoms with E-state index in [9.17, 15) is 4.79 Å². The lowest BCUT2D eigenvalue weighted by Crippen LogP contribution is -2.33. The molecule has 0 aliphatic carbocycles. The summed E-state index contributed by atoms with van der Waals surface area (Å²) in [5.74, 6) is 0.386. The van der Waals surface area contributed by atoms with Crippen molar-refractivity contribution in [2.75, 3.05) is 19.0 Å². The number of rotatable bonds is 6. The van der Waals surface area contributed by atoms with Gasteiger partial charge in [-0.3, -0.25) is 4.79 Å². The second kappa shape index (κ2) is 6.60. The number of esters is 1. The summed E-state index contributed by atoms with van der Waals surface area (Å²) in [6, 6.07) is 8.41. The maximum absolute atomic E-state index is 11.6. The van der Waals surface area contributed by atoms with Gasteiger partial charge in [-0.25, -0.2) is 0 Å². The molecule has 1 N–H and O–H groups in total. The van der Waals surface area contributed by atoms with Gasteiger partial charge in [-0.1, -0.05) is 26.0 Å². The number of carbonyl (C=O) groups excluding carboxylic acids is 1. The zero-order valence-electron chi connectivity index (χ0n) is 12.6. The Morgan fingerprint density at radius 1 is 1.32 bits per heavy atom. The molecule has 3 nitrogen and oxygen atoms in total. The van der Waals surface area contributed by atoms with Crippen molar-refractivity contribution >= 4 is 11.7 Å². The van der Waals surface area contributed by atoms with Crippen molar-refractivity contribution in [3.63, 3.8) is 0 Å². The molecule has 0 bridgehead atoms. The maximum Gasteiger partial charge on any atom is 0.313 e. The average molecular weight is 263 g/mol. The Labute approximate surface area is 116 Å². The summed E-state index contributed by atoms with van der Waals surface area (Å²) in [4.78, 5) is 11.6. The van der Waals surface area contributed by atoms with Crippen LogP contribution in [0, 0.1) is 5.41 Å². The van der Waals surface area contributed by atoms with E-state index in [1.807, 2.05) is 13.8 Å². The van der Waals surface area contributed by atoms with Crippen molar-refractivity contribution in [3.05, 3.63) is 29.8 Å². The Hall–Kier alpha value is -1.51. The highest BCUT2D eigenvalue weighted by Crippen LogP contribution is 2.22. The molecule has 1 aromatic carbocycles. The first-order valence-corrected chi connectivity index (χ1v) is 6.83. The SMILES string of the molecule is CCC(C)c1ccc(NCC(C)(C)C(=O)OC)cc1. The number of benzene rings is 1. The Balaban J connectivity index is 2.62. The number of anilines is 1. The molecule has 0 aliphatic rings. The van der Waals surface area contributed by atoms with Crippen LogP contribution in [0.5, 0.6) is 0 Å². The molecule has 3 heteroatoms. The standard InChI is InChI=1S/C16H25NO2/c1-6-12(2)13-7-9-14(10-8-13)17-11-16(3,4)15(18)19-5/h7-10,12,17H,6,11H2,1-5H3. The number of ether oxygens (including phenoxy) is 1. The maximum atomic E-state index is 11.6. The van der Waals surface area contributed by atoms with Crippen LogP contribution in [0.25, 0.3) is 0 Å². The van der Waals surface area contributed by atoms with Gasteiger partial charge in [-0.15, -0.1) is 0 Å². The van der Waals surface area contributed by atoms with E-state index in [1.165, 1.54) is 12.7 Å². The van der Waals surface area contributed by atoms with Gasteiger partial charge in [0.15, 0.2) is 0 Å². The summed E-state index contributed by atoms with van der Waals surface area (Å²) in [5, 5.41) is 3.28. The quantitative estimate of drug-likeness (QED) is 0.793. The second-order valence-corrected chi connectivity index (χ2v) is 5.66. The normalized spacial score (nSPS) is 12.9. The summed E-state index contributed by atoms with van der Waals surface area (Å²) >= 11 is 0. The third-order valence-electron chi connectivity index (χ3n) is 3.56. The van der Waals surface area contributed by atoms with Crippen molar-refractivity contribution in [2.24, 2.45) is 5.41 Å². The number of nitrogens with one attached hydrogen (secondary N) is 1. The van der Waals surface area contributed by atoms with Crippen molar-refractivity contribution in [2.45, 2.75) is 40.0 Å². The molecule has 1 aromatic rings. The molecule has 0 aromatic heterocycles. The minimum atomic E-state index is -0.524. The van der Waals surface area contributed by atoms with E-state index >= 15 is 0 Å². The van der Waals surface area contributed by atoms with Crippen LogP contribution in [0.15, 0.2) is 24.3 Å². The molecular formula is C16H25NO2. The molecule has 106 valence electrons. The average Bonchev–Trinajstić information content (AvgIpc) is 2.43. The van der Waals surface area contributed by atoms with E-state index in [0.717, 1.165) is 12.1 Å². The van der Waals surface area contributed by atoms with Gasteiger partial charge in [0.25, 0.3) is 0 Å². The van der Waals surface area contributed by atoms with E-state index in [0.29, 0.717) is 12.5 Å². The Morgan fingerprint density at radius 2 is 1.89 bits per heavy atom. The predicted octanol–water partition coefficient (Wildman–Crippen LogP) is 3.81. The van der Waals surface area contributed by atoms with Crippen LogP contribution in [0.1, 0.15) is 45.6 Å². The van der Waals surface area contributed by atoms with Crippen molar-refractivity contribution in [1.82, 2.24) is 0 Å². The number of carbonyl (C=O) groups is 1. The second-order valence-electron chi connectivity index (χ2n) is 5.66.